The number of nitrogen functional groups attached to an aromatic ring is 1. The molecule has 0 spiro atoms. The summed E-state index contributed by atoms with van der Waals surface area (Å²) in [5.74, 6) is 0.683. The first kappa shape index (κ1) is 12.2. The topological polar surface area (TPSA) is 72.2 Å². The van der Waals surface area contributed by atoms with Crippen LogP contribution in [0.25, 0.3) is 0 Å². The third kappa shape index (κ3) is 2.23. The zero-order chi connectivity index (χ0) is 13.4. The maximum Gasteiger partial charge on any atom is 0.259 e. The highest BCUT2D eigenvalue weighted by atomic mass is 16.2. The van der Waals surface area contributed by atoms with Crippen LogP contribution < -0.4 is 11.1 Å². The van der Waals surface area contributed by atoms with Gasteiger partial charge in [0.1, 0.15) is 0 Å². The Labute approximate surface area is 112 Å². The van der Waals surface area contributed by atoms with Crippen LogP contribution >= 0.6 is 0 Å². The van der Waals surface area contributed by atoms with Crippen molar-refractivity contribution in [2.45, 2.75) is 25.7 Å². The molecule has 0 aromatic heterocycles. The van der Waals surface area contributed by atoms with Crippen molar-refractivity contribution in [3.63, 3.8) is 0 Å². The Bertz CT molecular complexity index is 527. The predicted octanol–water partition coefficient (Wildman–Crippen LogP) is 1.96. The molecule has 19 heavy (non-hydrogen) atoms. The van der Waals surface area contributed by atoms with Gasteiger partial charge in [0.15, 0.2) is 0 Å². The Morgan fingerprint density at radius 3 is 2.58 bits per heavy atom. The fraction of sp³-hybridized carbons (Fsp3) is 0.467. The van der Waals surface area contributed by atoms with E-state index in [1.807, 2.05) is 0 Å². The zero-order valence-corrected chi connectivity index (χ0v) is 10.8. The van der Waals surface area contributed by atoms with Crippen LogP contribution in [0.1, 0.15) is 36.0 Å². The lowest BCUT2D eigenvalue weighted by Crippen LogP contribution is -2.38. The molecule has 1 aromatic carbocycles. The Kier molecular flexibility index (Phi) is 3.01. The number of hydrogen-bond acceptors (Lipinski definition) is 3. The van der Waals surface area contributed by atoms with Crippen molar-refractivity contribution < 1.29 is 9.59 Å². The molecular weight excluding hydrogens is 240 g/mol. The molecule has 0 saturated heterocycles. The number of hydrogen-bond donors (Lipinski definition) is 2. The molecule has 0 heterocycles. The standard InChI is InChI=1S/C15H18N2O2/c16-13-4-2-1-3-11(13)14(18)17-15(19)12-8-9-5-6-10(12)7-9/h1-4,9-10,12H,5-8,16H2,(H,17,18,19). The minimum Gasteiger partial charge on any atom is -0.398 e. The monoisotopic (exact) mass is 258 g/mol. The molecule has 2 aliphatic carbocycles. The molecule has 100 valence electrons. The highest BCUT2D eigenvalue weighted by molar-refractivity contribution is 6.08. The third-order valence-electron chi connectivity index (χ3n) is 4.52. The molecule has 2 saturated carbocycles. The summed E-state index contributed by atoms with van der Waals surface area (Å²) in [6.07, 6.45) is 4.46. The highest BCUT2D eigenvalue weighted by Crippen LogP contribution is 2.48. The van der Waals surface area contributed by atoms with Crippen LogP contribution in [-0.4, -0.2) is 11.8 Å². The lowest BCUT2D eigenvalue weighted by Gasteiger charge is -2.20. The number of benzene rings is 1. The minimum absolute atomic E-state index is 0.0210. The van der Waals surface area contributed by atoms with Crippen LogP contribution in [0.15, 0.2) is 24.3 Å². The molecule has 0 radical (unpaired) electrons. The van der Waals surface area contributed by atoms with E-state index in [2.05, 4.69) is 5.32 Å². The first-order valence-electron chi connectivity index (χ1n) is 6.85. The number of carbonyl (C=O) groups excluding carboxylic acids is 2. The number of fused-ring (bicyclic) bond motifs is 2. The Hall–Kier alpha value is -1.84. The van der Waals surface area contributed by atoms with Crippen LogP contribution in [0.2, 0.25) is 0 Å². The largest absolute Gasteiger partial charge is 0.398 e. The molecule has 0 aliphatic heterocycles. The summed E-state index contributed by atoms with van der Waals surface area (Å²) in [6.45, 7) is 0. The number of anilines is 1. The summed E-state index contributed by atoms with van der Waals surface area (Å²) in [7, 11) is 0. The van der Waals surface area contributed by atoms with Gasteiger partial charge in [-0.3, -0.25) is 14.9 Å². The van der Waals surface area contributed by atoms with Gasteiger partial charge in [-0.15, -0.1) is 0 Å². The smallest absolute Gasteiger partial charge is 0.259 e. The van der Waals surface area contributed by atoms with Crippen molar-refractivity contribution in [2.24, 2.45) is 17.8 Å². The van der Waals surface area contributed by atoms with Gasteiger partial charge in [-0.2, -0.15) is 0 Å². The van der Waals surface area contributed by atoms with E-state index in [0.29, 0.717) is 23.1 Å². The van der Waals surface area contributed by atoms with Crippen molar-refractivity contribution in [3.8, 4) is 0 Å². The molecule has 2 bridgehead atoms. The second kappa shape index (κ2) is 4.68. The Morgan fingerprint density at radius 2 is 1.95 bits per heavy atom. The van der Waals surface area contributed by atoms with Gasteiger partial charge in [0, 0.05) is 11.6 Å². The van der Waals surface area contributed by atoms with E-state index < -0.39 is 0 Å². The van der Waals surface area contributed by atoms with E-state index in [0.717, 1.165) is 19.3 Å². The van der Waals surface area contributed by atoms with E-state index in [1.54, 1.807) is 24.3 Å². The van der Waals surface area contributed by atoms with Gasteiger partial charge >= 0.3 is 0 Å². The highest BCUT2D eigenvalue weighted by Gasteiger charge is 2.43. The third-order valence-corrected chi connectivity index (χ3v) is 4.52. The molecular formula is C15H18N2O2. The van der Waals surface area contributed by atoms with E-state index in [-0.39, 0.29) is 17.7 Å². The first-order chi connectivity index (χ1) is 9.15. The van der Waals surface area contributed by atoms with Gasteiger partial charge < -0.3 is 5.73 Å². The lowest BCUT2D eigenvalue weighted by molar-refractivity contribution is -0.125. The number of nitrogens with one attached hydrogen (secondary N) is 1. The van der Waals surface area contributed by atoms with Crippen LogP contribution in [0.5, 0.6) is 0 Å². The lowest BCUT2D eigenvalue weighted by atomic mass is 9.88. The number of rotatable bonds is 2. The molecule has 3 atom stereocenters. The van der Waals surface area contributed by atoms with Gasteiger partial charge in [0.25, 0.3) is 5.91 Å². The van der Waals surface area contributed by atoms with E-state index in [4.69, 9.17) is 5.73 Å². The molecule has 3 unspecified atom stereocenters. The van der Waals surface area contributed by atoms with Crippen molar-refractivity contribution in [1.82, 2.24) is 5.32 Å². The molecule has 4 nitrogen and oxygen atoms in total. The summed E-state index contributed by atoms with van der Waals surface area (Å²) in [6, 6.07) is 6.81. The average Bonchev–Trinajstić information content (AvgIpc) is 3.01. The van der Waals surface area contributed by atoms with E-state index in [9.17, 15) is 9.59 Å². The van der Waals surface area contributed by atoms with Gasteiger partial charge in [0.05, 0.1) is 5.56 Å². The van der Waals surface area contributed by atoms with Gasteiger partial charge in [-0.1, -0.05) is 18.6 Å². The van der Waals surface area contributed by atoms with Crippen LogP contribution in [0.4, 0.5) is 5.69 Å². The molecule has 2 amide bonds. The Morgan fingerprint density at radius 1 is 1.16 bits per heavy atom. The second-order valence-electron chi connectivity index (χ2n) is 5.69. The fourth-order valence-corrected chi connectivity index (χ4v) is 3.54. The predicted molar refractivity (Wildman–Crippen MR) is 72.3 cm³/mol. The van der Waals surface area contributed by atoms with Crippen molar-refractivity contribution in [2.75, 3.05) is 5.73 Å². The number of nitrogens with two attached hydrogens (primary N) is 1. The second-order valence-corrected chi connectivity index (χ2v) is 5.69. The first-order valence-corrected chi connectivity index (χ1v) is 6.85. The van der Waals surface area contributed by atoms with Crippen molar-refractivity contribution in [3.05, 3.63) is 29.8 Å². The summed E-state index contributed by atoms with van der Waals surface area (Å²) < 4.78 is 0. The van der Waals surface area contributed by atoms with Crippen LogP contribution in [0.3, 0.4) is 0 Å². The van der Waals surface area contributed by atoms with Crippen molar-refractivity contribution >= 4 is 17.5 Å². The van der Waals surface area contributed by atoms with Crippen molar-refractivity contribution in [1.29, 1.82) is 0 Å². The normalized spacial score (nSPS) is 28.3. The van der Waals surface area contributed by atoms with Gasteiger partial charge in [0.2, 0.25) is 5.91 Å². The summed E-state index contributed by atoms with van der Waals surface area (Å²) in [5.41, 5.74) is 6.52. The average molecular weight is 258 g/mol. The van der Waals surface area contributed by atoms with Gasteiger partial charge in [-0.05, 0) is 43.2 Å². The van der Waals surface area contributed by atoms with Gasteiger partial charge in [-0.25, -0.2) is 0 Å². The summed E-state index contributed by atoms with van der Waals surface area (Å²) >= 11 is 0. The molecule has 2 aliphatic rings. The number of carbonyl (C=O) groups is 2. The molecule has 1 aromatic rings. The fourth-order valence-electron chi connectivity index (χ4n) is 3.54. The molecule has 3 N–H and O–H groups in total. The molecule has 4 heteroatoms. The SMILES string of the molecule is Nc1ccccc1C(=O)NC(=O)C1CC2CCC1C2. The minimum atomic E-state index is -0.383. The number of imide groups is 1. The number of amides is 2. The number of para-hydroxylation sites is 1. The maximum atomic E-state index is 12.2. The summed E-state index contributed by atoms with van der Waals surface area (Å²) in [5, 5.41) is 2.51. The molecule has 3 rings (SSSR count). The Balaban J connectivity index is 1.67. The maximum absolute atomic E-state index is 12.2. The van der Waals surface area contributed by atoms with Crippen LogP contribution in [-0.2, 0) is 4.79 Å². The summed E-state index contributed by atoms with van der Waals surface area (Å²) in [4.78, 5) is 24.2. The zero-order valence-electron chi connectivity index (χ0n) is 10.8. The molecule has 2 fully saturated rings. The quantitative estimate of drug-likeness (QED) is 0.629. The van der Waals surface area contributed by atoms with E-state index in [1.165, 1.54) is 6.42 Å². The van der Waals surface area contributed by atoms with Crippen LogP contribution in [0, 0.1) is 17.8 Å². The van der Waals surface area contributed by atoms with E-state index >= 15 is 0 Å².